The largest absolute Gasteiger partial charge is 0.356 e. The molecule has 0 aliphatic carbocycles. The molecule has 0 saturated carbocycles. The monoisotopic (exact) mass is 676 g/mol. The number of benzene rings is 2. The second kappa shape index (κ2) is 13.5. The van der Waals surface area contributed by atoms with E-state index in [2.05, 4.69) is 30.5 Å². The zero-order valence-electron chi connectivity index (χ0n) is 25.4. The molecular weight excluding hydrogens is 641 g/mol. The van der Waals surface area contributed by atoms with Crippen LogP contribution in [0.2, 0.25) is 0 Å². The fraction of sp³-hybridized carbons (Fsp3) is 0.375. The van der Waals surface area contributed by atoms with Gasteiger partial charge in [-0.05, 0) is 49.9 Å². The molecule has 0 atom stereocenters. The number of anilines is 4. The highest BCUT2D eigenvalue weighted by atomic mass is 32.2. The van der Waals surface area contributed by atoms with E-state index in [-0.39, 0.29) is 15.0 Å². The van der Waals surface area contributed by atoms with Crippen molar-refractivity contribution in [1.82, 2.24) is 19.9 Å². The molecule has 3 aliphatic rings. The van der Waals surface area contributed by atoms with Gasteiger partial charge in [0.1, 0.15) is 11.6 Å². The van der Waals surface area contributed by atoms with Crippen molar-refractivity contribution in [3.05, 3.63) is 66.0 Å². The molecule has 2 aromatic heterocycles. The maximum atomic E-state index is 13.1. The summed E-state index contributed by atoms with van der Waals surface area (Å²) in [6.07, 6.45) is 4.79. The lowest BCUT2D eigenvalue weighted by atomic mass is 10.2. The summed E-state index contributed by atoms with van der Waals surface area (Å²) in [5, 5.41) is 2.44. The molecule has 1 N–H and O–H groups in total. The Morgan fingerprint density at radius 1 is 0.717 bits per heavy atom. The number of amides is 1. The molecule has 46 heavy (non-hydrogen) atoms. The lowest BCUT2D eigenvalue weighted by molar-refractivity contribution is 0.219. The summed E-state index contributed by atoms with van der Waals surface area (Å²) < 4.78 is 28.9. The SMILES string of the molecule is O=C(SNc1nc(-c2ccc(S(=O)(=O)c3ccccc3)cc2)cs1)N1CCN(c2nc(N3CCCC3)cc(N3CCCC3)n2)CC1. The maximum absolute atomic E-state index is 13.1. The third-order valence-corrected chi connectivity index (χ3v) is 12.0. The smallest absolute Gasteiger partial charge is 0.302 e. The number of aromatic nitrogens is 3. The van der Waals surface area contributed by atoms with Crippen molar-refractivity contribution < 1.29 is 13.2 Å². The van der Waals surface area contributed by atoms with Gasteiger partial charge in [0.2, 0.25) is 15.8 Å². The van der Waals surface area contributed by atoms with Gasteiger partial charge in [0.25, 0.3) is 0 Å². The molecule has 0 bridgehead atoms. The number of hydrogen-bond acceptors (Lipinski definition) is 12. The van der Waals surface area contributed by atoms with E-state index in [0.717, 1.165) is 61.3 Å². The summed E-state index contributed by atoms with van der Waals surface area (Å²) in [6.45, 7) is 6.67. The second-order valence-electron chi connectivity index (χ2n) is 11.6. The van der Waals surface area contributed by atoms with Gasteiger partial charge in [-0.1, -0.05) is 30.3 Å². The first-order valence-electron chi connectivity index (χ1n) is 15.7. The average Bonchev–Trinajstić information content (AvgIpc) is 3.92. The third-order valence-electron chi connectivity index (χ3n) is 8.61. The van der Waals surface area contributed by atoms with Gasteiger partial charge >= 0.3 is 5.24 Å². The quantitative estimate of drug-likeness (QED) is 0.234. The van der Waals surface area contributed by atoms with Crippen LogP contribution in [0.25, 0.3) is 11.3 Å². The van der Waals surface area contributed by atoms with Crippen LogP contribution in [0.1, 0.15) is 25.7 Å². The molecule has 0 radical (unpaired) electrons. The van der Waals surface area contributed by atoms with Crippen LogP contribution >= 0.6 is 23.3 Å². The highest BCUT2D eigenvalue weighted by molar-refractivity contribution is 8.14. The van der Waals surface area contributed by atoms with E-state index < -0.39 is 9.84 Å². The first-order valence-corrected chi connectivity index (χ1v) is 18.8. The molecule has 3 fully saturated rings. The molecule has 7 rings (SSSR count). The Labute approximate surface area is 277 Å². The number of thiazole rings is 1. The van der Waals surface area contributed by atoms with Crippen molar-refractivity contribution in [2.75, 3.05) is 71.8 Å². The van der Waals surface area contributed by atoms with Gasteiger partial charge in [-0.2, -0.15) is 9.97 Å². The normalized spacial score (nSPS) is 17.1. The van der Waals surface area contributed by atoms with Gasteiger partial charge in [0.15, 0.2) is 5.13 Å². The van der Waals surface area contributed by atoms with Crippen LogP contribution in [0, 0.1) is 0 Å². The Hall–Kier alpha value is -3.88. The minimum atomic E-state index is -3.58. The molecule has 3 aliphatic heterocycles. The average molecular weight is 677 g/mol. The van der Waals surface area contributed by atoms with Gasteiger partial charge in [-0.3, -0.25) is 9.52 Å². The highest BCUT2D eigenvalue weighted by Gasteiger charge is 2.26. The van der Waals surface area contributed by atoms with E-state index in [1.807, 2.05) is 10.3 Å². The molecule has 240 valence electrons. The molecular formula is C32H36N8O3S3. The number of rotatable bonds is 8. The number of piperazine rings is 1. The predicted molar refractivity (Wildman–Crippen MR) is 185 cm³/mol. The molecule has 3 saturated heterocycles. The Bertz CT molecular complexity index is 1730. The number of hydrogen-bond donors (Lipinski definition) is 1. The third kappa shape index (κ3) is 6.65. The topological polar surface area (TPSA) is 115 Å². The van der Waals surface area contributed by atoms with Crippen molar-refractivity contribution in [3.8, 4) is 11.3 Å². The predicted octanol–water partition coefficient (Wildman–Crippen LogP) is 5.64. The molecule has 14 heteroatoms. The maximum Gasteiger partial charge on any atom is 0.302 e. The number of carbonyl (C=O) groups is 1. The fourth-order valence-electron chi connectivity index (χ4n) is 6.00. The van der Waals surface area contributed by atoms with Crippen LogP contribution in [0.3, 0.4) is 0 Å². The van der Waals surface area contributed by atoms with Crippen LogP contribution in [-0.4, -0.2) is 85.9 Å². The van der Waals surface area contributed by atoms with Crippen molar-refractivity contribution >= 4 is 61.1 Å². The van der Waals surface area contributed by atoms with E-state index in [0.29, 0.717) is 37.0 Å². The van der Waals surface area contributed by atoms with Crippen molar-refractivity contribution in [2.45, 2.75) is 35.5 Å². The lowest BCUT2D eigenvalue weighted by Gasteiger charge is -2.35. The van der Waals surface area contributed by atoms with E-state index in [1.165, 1.54) is 37.0 Å². The summed E-state index contributed by atoms with van der Waals surface area (Å²) in [7, 11) is -3.58. The number of sulfone groups is 1. The Morgan fingerprint density at radius 3 is 1.91 bits per heavy atom. The zero-order chi connectivity index (χ0) is 31.5. The van der Waals surface area contributed by atoms with Crippen LogP contribution < -0.4 is 19.4 Å². The molecule has 11 nitrogen and oxygen atoms in total. The van der Waals surface area contributed by atoms with Gasteiger partial charge in [0.05, 0.1) is 15.5 Å². The number of carbonyl (C=O) groups excluding carboxylic acids is 1. The Kier molecular flexibility index (Phi) is 9.00. The number of nitrogens with zero attached hydrogens (tertiary/aromatic N) is 7. The summed E-state index contributed by atoms with van der Waals surface area (Å²) in [4.78, 5) is 36.9. The standard InChI is InChI=1S/C32H36N8O3S3/c41-32(45-36-31-33-27(23-44-31)24-10-12-26(13-11-24)46(42,43)25-8-2-1-3-9-25)40-20-18-39(19-21-40)30-34-28(37-14-4-5-15-37)22-29(35-30)38-16-6-7-17-38/h1-3,8-13,22-23H,4-7,14-21H2,(H,33,36). The van der Waals surface area contributed by atoms with Crippen LogP contribution in [0.4, 0.5) is 27.5 Å². The fourth-order valence-corrected chi connectivity index (χ4v) is 8.70. The van der Waals surface area contributed by atoms with Gasteiger partial charge in [-0.25, -0.2) is 13.4 Å². The molecule has 0 unspecified atom stereocenters. The summed E-state index contributed by atoms with van der Waals surface area (Å²) in [5.74, 6) is 2.78. The lowest BCUT2D eigenvalue weighted by Crippen LogP contribution is -2.48. The van der Waals surface area contributed by atoms with Crippen molar-refractivity contribution in [3.63, 3.8) is 0 Å². The minimum Gasteiger partial charge on any atom is -0.356 e. The molecule has 1 amide bonds. The van der Waals surface area contributed by atoms with Gasteiger partial charge in [-0.15, -0.1) is 11.3 Å². The van der Waals surface area contributed by atoms with Crippen molar-refractivity contribution in [1.29, 1.82) is 0 Å². The van der Waals surface area contributed by atoms with Crippen LogP contribution in [-0.2, 0) is 9.84 Å². The van der Waals surface area contributed by atoms with E-state index >= 15 is 0 Å². The van der Waals surface area contributed by atoms with Gasteiger partial charge < -0.3 is 19.6 Å². The van der Waals surface area contributed by atoms with E-state index in [4.69, 9.17) is 9.97 Å². The molecule has 0 spiro atoms. The minimum absolute atomic E-state index is 0.0589. The van der Waals surface area contributed by atoms with E-state index in [9.17, 15) is 13.2 Å². The summed E-state index contributed by atoms with van der Waals surface area (Å²) >= 11 is 2.42. The molecule has 4 aromatic rings. The summed E-state index contributed by atoms with van der Waals surface area (Å²) in [6, 6.07) is 17.3. The first kappa shape index (κ1) is 30.8. The Balaban J connectivity index is 0.940. The van der Waals surface area contributed by atoms with E-state index in [1.54, 1.807) is 54.6 Å². The summed E-state index contributed by atoms with van der Waals surface area (Å²) in [5.41, 5.74) is 1.51. The van der Waals surface area contributed by atoms with Crippen LogP contribution in [0.5, 0.6) is 0 Å². The second-order valence-corrected chi connectivity index (χ2v) is 15.2. The Morgan fingerprint density at radius 2 is 1.30 bits per heavy atom. The van der Waals surface area contributed by atoms with Gasteiger partial charge in [0, 0.05) is 81.3 Å². The first-order chi connectivity index (χ1) is 22.4. The number of nitrogens with one attached hydrogen (secondary N) is 1. The zero-order valence-corrected chi connectivity index (χ0v) is 27.9. The molecule has 2 aromatic carbocycles. The van der Waals surface area contributed by atoms with Crippen molar-refractivity contribution in [2.24, 2.45) is 0 Å². The highest BCUT2D eigenvalue weighted by Crippen LogP contribution is 2.31. The molecule has 5 heterocycles. The van der Waals surface area contributed by atoms with Crippen LogP contribution in [0.15, 0.2) is 75.8 Å².